The standard InChI is InChI=1S/C23H23N3O2S2/c1-4-15-26-21(27)20(22-25(5-2)18-9-7-8-10-19(18)29-22)30-23(26)24-16-11-13-17(14-12-16)28-6-3/h4,7-14H,1,5-6,15H2,2-3H3/b22-20-,24-23?. The molecule has 0 bridgehead atoms. The van der Waals surface area contributed by atoms with Gasteiger partial charge in [0, 0.05) is 18.0 Å². The number of benzene rings is 2. The van der Waals surface area contributed by atoms with Crippen LogP contribution in [-0.4, -0.2) is 35.7 Å². The number of hydrogen-bond donors (Lipinski definition) is 0. The van der Waals surface area contributed by atoms with Crippen molar-refractivity contribution in [3.63, 3.8) is 0 Å². The highest BCUT2D eigenvalue weighted by Crippen LogP contribution is 2.50. The maximum atomic E-state index is 13.3. The van der Waals surface area contributed by atoms with Crippen LogP contribution in [0.1, 0.15) is 13.8 Å². The molecule has 2 aliphatic heterocycles. The van der Waals surface area contributed by atoms with E-state index in [0.29, 0.717) is 23.2 Å². The smallest absolute Gasteiger partial charge is 0.269 e. The molecule has 0 spiro atoms. The molecule has 1 amide bonds. The number of carbonyl (C=O) groups excluding carboxylic acids is 1. The second kappa shape index (κ2) is 9.02. The Morgan fingerprint density at radius 1 is 1.07 bits per heavy atom. The summed E-state index contributed by atoms with van der Waals surface area (Å²) in [5.41, 5.74) is 1.93. The molecular formula is C23H23N3O2S2. The Morgan fingerprint density at radius 3 is 2.53 bits per heavy atom. The van der Waals surface area contributed by atoms with E-state index in [1.165, 1.54) is 16.7 Å². The molecular weight excluding hydrogens is 414 g/mol. The first-order chi connectivity index (χ1) is 14.7. The van der Waals surface area contributed by atoms with Crippen LogP contribution in [0.5, 0.6) is 5.75 Å². The maximum Gasteiger partial charge on any atom is 0.269 e. The van der Waals surface area contributed by atoms with Crippen molar-refractivity contribution < 1.29 is 9.53 Å². The number of nitrogens with zero attached hydrogens (tertiary/aromatic N) is 3. The van der Waals surface area contributed by atoms with Crippen LogP contribution in [0, 0.1) is 0 Å². The molecule has 2 heterocycles. The number of aliphatic imine (C=N–C) groups is 1. The Morgan fingerprint density at radius 2 is 1.83 bits per heavy atom. The second-order valence-corrected chi connectivity index (χ2v) is 8.58. The van der Waals surface area contributed by atoms with E-state index in [1.54, 1.807) is 22.7 Å². The predicted octanol–water partition coefficient (Wildman–Crippen LogP) is 5.64. The number of amidine groups is 1. The number of carbonyl (C=O) groups is 1. The van der Waals surface area contributed by atoms with Gasteiger partial charge in [0.2, 0.25) is 0 Å². The van der Waals surface area contributed by atoms with Gasteiger partial charge in [-0.05, 0) is 62.0 Å². The van der Waals surface area contributed by atoms with Gasteiger partial charge in [0.1, 0.15) is 15.7 Å². The molecule has 0 saturated carbocycles. The topological polar surface area (TPSA) is 45.1 Å². The summed E-state index contributed by atoms with van der Waals surface area (Å²) in [4.78, 5) is 23.8. The molecule has 0 radical (unpaired) electrons. The summed E-state index contributed by atoms with van der Waals surface area (Å²) in [6, 6.07) is 15.8. The average molecular weight is 438 g/mol. The SMILES string of the molecule is C=CCN1C(=O)/C(=C2/Sc3ccccc3N2CC)SC1=Nc1ccc(OCC)cc1. The lowest BCUT2D eigenvalue weighted by atomic mass is 10.3. The lowest BCUT2D eigenvalue weighted by Crippen LogP contribution is -2.30. The maximum absolute atomic E-state index is 13.3. The minimum Gasteiger partial charge on any atom is -0.494 e. The zero-order valence-corrected chi connectivity index (χ0v) is 18.6. The minimum absolute atomic E-state index is 0.0293. The highest BCUT2D eigenvalue weighted by molar-refractivity contribution is 8.19. The van der Waals surface area contributed by atoms with E-state index in [2.05, 4.69) is 30.5 Å². The number of para-hydroxylation sites is 1. The second-order valence-electron chi connectivity index (χ2n) is 6.58. The van der Waals surface area contributed by atoms with Crippen LogP contribution < -0.4 is 9.64 Å². The molecule has 5 nitrogen and oxygen atoms in total. The fraction of sp³-hybridized carbons (Fsp3) is 0.217. The summed E-state index contributed by atoms with van der Waals surface area (Å²) in [6.45, 7) is 9.70. The quantitative estimate of drug-likeness (QED) is 0.433. The average Bonchev–Trinajstić information content (AvgIpc) is 3.28. The van der Waals surface area contributed by atoms with Crippen LogP contribution in [0.2, 0.25) is 0 Å². The highest BCUT2D eigenvalue weighted by Gasteiger charge is 2.39. The Bertz CT molecular complexity index is 1030. The first-order valence-electron chi connectivity index (χ1n) is 9.87. The lowest BCUT2D eigenvalue weighted by Gasteiger charge is -2.19. The summed E-state index contributed by atoms with van der Waals surface area (Å²) in [6.07, 6.45) is 1.73. The van der Waals surface area contributed by atoms with Crippen LogP contribution >= 0.6 is 23.5 Å². The third-order valence-corrected chi connectivity index (χ3v) is 7.04. The first kappa shape index (κ1) is 20.6. The molecule has 7 heteroatoms. The normalized spacial score (nSPS) is 19.5. The van der Waals surface area contributed by atoms with Crippen molar-refractivity contribution >= 4 is 46.0 Å². The Balaban J connectivity index is 1.70. The largest absolute Gasteiger partial charge is 0.494 e. The van der Waals surface area contributed by atoms with Crippen molar-refractivity contribution in [1.29, 1.82) is 0 Å². The van der Waals surface area contributed by atoms with E-state index in [-0.39, 0.29) is 5.91 Å². The number of anilines is 1. The van der Waals surface area contributed by atoms with Crippen molar-refractivity contribution in [3.8, 4) is 5.75 Å². The van der Waals surface area contributed by atoms with Crippen molar-refractivity contribution in [2.75, 3.05) is 24.6 Å². The minimum atomic E-state index is -0.0293. The fourth-order valence-corrected chi connectivity index (χ4v) is 5.72. The summed E-state index contributed by atoms with van der Waals surface area (Å²) in [7, 11) is 0. The van der Waals surface area contributed by atoms with Gasteiger partial charge in [-0.25, -0.2) is 4.99 Å². The van der Waals surface area contributed by atoms with E-state index >= 15 is 0 Å². The first-order valence-corrected chi connectivity index (χ1v) is 11.5. The van der Waals surface area contributed by atoms with Gasteiger partial charge in [0.15, 0.2) is 5.17 Å². The van der Waals surface area contributed by atoms with E-state index in [4.69, 9.17) is 9.73 Å². The Kier molecular flexibility index (Phi) is 6.20. The summed E-state index contributed by atoms with van der Waals surface area (Å²) in [5.74, 6) is 0.777. The van der Waals surface area contributed by atoms with Crippen LogP contribution in [0.3, 0.4) is 0 Å². The Labute approximate surface area is 185 Å². The molecule has 2 aromatic carbocycles. The van der Waals surface area contributed by atoms with Crippen molar-refractivity contribution in [1.82, 2.24) is 4.90 Å². The van der Waals surface area contributed by atoms with Crippen molar-refractivity contribution in [3.05, 3.63) is 71.1 Å². The van der Waals surface area contributed by atoms with Crippen molar-refractivity contribution in [2.45, 2.75) is 18.7 Å². The van der Waals surface area contributed by atoms with Crippen molar-refractivity contribution in [2.24, 2.45) is 4.99 Å². The van der Waals surface area contributed by atoms with E-state index in [0.717, 1.165) is 28.7 Å². The van der Waals surface area contributed by atoms with E-state index < -0.39 is 0 Å². The number of hydrogen-bond acceptors (Lipinski definition) is 6. The molecule has 4 rings (SSSR count). The molecule has 2 aliphatic rings. The number of amides is 1. The zero-order valence-electron chi connectivity index (χ0n) is 17.0. The predicted molar refractivity (Wildman–Crippen MR) is 127 cm³/mol. The lowest BCUT2D eigenvalue weighted by molar-refractivity contribution is -0.121. The van der Waals surface area contributed by atoms with Crippen LogP contribution in [-0.2, 0) is 4.79 Å². The molecule has 154 valence electrons. The van der Waals surface area contributed by atoms with Crippen LogP contribution in [0.15, 0.2) is 81.0 Å². The molecule has 0 unspecified atom stereocenters. The summed E-state index contributed by atoms with van der Waals surface area (Å²) >= 11 is 3.07. The molecule has 30 heavy (non-hydrogen) atoms. The number of fused-ring (bicyclic) bond motifs is 1. The van der Waals surface area contributed by atoms with E-state index in [1.807, 2.05) is 43.3 Å². The van der Waals surface area contributed by atoms with E-state index in [9.17, 15) is 4.79 Å². The zero-order chi connectivity index (χ0) is 21.1. The van der Waals surface area contributed by atoms with Gasteiger partial charge in [-0.2, -0.15) is 0 Å². The van der Waals surface area contributed by atoms with Gasteiger partial charge >= 0.3 is 0 Å². The molecule has 2 aromatic rings. The third-order valence-electron chi connectivity index (χ3n) is 4.67. The van der Waals surface area contributed by atoms with Gasteiger partial charge in [-0.1, -0.05) is 30.0 Å². The molecule has 0 N–H and O–H groups in total. The third kappa shape index (κ3) is 3.87. The molecule has 0 atom stereocenters. The van der Waals surface area contributed by atoms with Gasteiger partial charge < -0.3 is 9.64 Å². The summed E-state index contributed by atoms with van der Waals surface area (Å²) < 4.78 is 5.50. The number of rotatable bonds is 6. The molecule has 1 fully saturated rings. The number of thioether (sulfide) groups is 2. The summed E-state index contributed by atoms with van der Waals surface area (Å²) in [5, 5.41) is 1.64. The molecule has 0 aliphatic carbocycles. The fourth-order valence-electron chi connectivity index (χ4n) is 3.32. The van der Waals surface area contributed by atoms with Crippen LogP contribution in [0.4, 0.5) is 11.4 Å². The highest BCUT2D eigenvalue weighted by atomic mass is 32.2. The molecule has 0 aromatic heterocycles. The monoisotopic (exact) mass is 437 g/mol. The van der Waals surface area contributed by atoms with Gasteiger partial charge in [0.05, 0.1) is 18.0 Å². The van der Waals surface area contributed by atoms with Gasteiger partial charge in [-0.3, -0.25) is 9.69 Å². The Hall–Kier alpha value is -2.64. The molecule has 1 saturated heterocycles. The number of ether oxygens (including phenoxy) is 1. The van der Waals surface area contributed by atoms with Gasteiger partial charge in [0.25, 0.3) is 5.91 Å². The van der Waals surface area contributed by atoms with Gasteiger partial charge in [-0.15, -0.1) is 6.58 Å². The van der Waals surface area contributed by atoms with Crippen LogP contribution in [0.25, 0.3) is 0 Å².